The molecular weight excluding hydrogens is 668 g/mol. The minimum absolute atomic E-state index is 0.0814. The molecule has 3 heterocycles. The quantitative estimate of drug-likeness (QED) is 0.109. The summed E-state index contributed by atoms with van der Waals surface area (Å²) in [6.45, 7) is 3.31. The number of nitro benzene ring substituents is 1. The molecule has 0 saturated carbocycles. The van der Waals surface area contributed by atoms with E-state index in [1.807, 2.05) is 0 Å². The summed E-state index contributed by atoms with van der Waals surface area (Å²) in [6.07, 6.45) is 0. The Hall–Kier alpha value is -4.84. The summed E-state index contributed by atoms with van der Waals surface area (Å²) in [5.41, 5.74) is 0.644. The van der Waals surface area contributed by atoms with Gasteiger partial charge in [0.05, 0.1) is 22.3 Å². The average Bonchev–Trinajstić information content (AvgIpc) is 3.35. The topological polar surface area (TPSA) is 206 Å². The van der Waals surface area contributed by atoms with E-state index in [-0.39, 0.29) is 31.9 Å². The van der Waals surface area contributed by atoms with E-state index in [0.717, 1.165) is 16.7 Å². The number of β-lactam (4-membered cyclic amide) rings is 1. The summed E-state index contributed by atoms with van der Waals surface area (Å²) in [6, 6.07) is 9.76. The Morgan fingerprint density at radius 3 is 2.38 bits per heavy atom. The lowest BCUT2D eigenvalue weighted by Crippen LogP contribution is -2.69. The molecule has 18 heteroatoms. The lowest BCUT2D eigenvalue weighted by atomic mass is 10.0. The second-order valence-corrected chi connectivity index (χ2v) is 14.6. The number of nitro groups is 1. The Morgan fingerprint density at radius 1 is 1.06 bits per heavy atom. The maximum absolute atomic E-state index is 14.0. The third-order valence-electron chi connectivity index (χ3n) is 8.17. The van der Waals surface area contributed by atoms with E-state index in [0.29, 0.717) is 23.4 Å². The highest BCUT2D eigenvalue weighted by atomic mass is 32.2. The van der Waals surface area contributed by atoms with Crippen molar-refractivity contribution in [1.82, 2.24) is 25.3 Å². The molecule has 0 aromatic heterocycles. The van der Waals surface area contributed by atoms with Crippen molar-refractivity contribution >= 4 is 63.9 Å². The number of fused-ring (bicyclic) bond motifs is 1. The Balaban J connectivity index is 1.30. The fourth-order valence-corrected chi connectivity index (χ4v) is 9.32. The second kappa shape index (κ2) is 14.1. The van der Waals surface area contributed by atoms with Crippen LogP contribution in [0.25, 0.3) is 0 Å². The van der Waals surface area contributed by atoms with Crippen LogP contribution in [-0.4, -0.2) is 107 Å². The van der Waals surface area contributed by atoms with Gasteiger partial charge in [0.1, 0.15) is 24.1 Å². The zero-order chi connectivity index (χ0) is 34.7. The van der Waals surface area contributed by atoms with E-state index in [1.165, 1.54) is 34.1 Å². The molecule has 0 bridgehead atoms. The van der Waals surface area contributed by atoms with Gasteiger partial charge in [-0.15, -0.1) is 11.8 Å². The Kier molecular flexibility index (Phi) is 10.1. The molecule has 3 fully saturated rings. The van der Waals surface area contributed by atoms with Crippen LogP contribution in [-0.2, 0) is 46.1 Å². The predicted octanol–water partition coefficient (Wildman–Crippen LogP) is 0.644. The molecule has 0 spiro atoms. The van der Waals surface area contributed by atoms with E-state index in [1.54, 1.807) is 44.2 Å². The van der Waals surface area contributed by atoms with E-state index in [2.05, 4.69) is 10.6 Å². The Labute approximate surface area is 281 Å². The van der Waals surface area contributed by atoms with Crippen LogP contribution in [0.5, 0.6) is 0 Å². The van der Waals surface area contributed by atoms with Gasteiger partial charge in [-0.3, -0.25) is 38.4 Å². The first-order valence-electron chi connectivity index (χ1n) is 15.0. The maximum atomic E-state index is 14.0. The summed E-state index contributed by atoms with van der Waals surface area (Å²) >= 11 is 1.05. The number of carbonyl (C=O) groups excluding carboxylic acids is 6. The van der Waals surface area contributed by atoms with E-state index >= 15 is 0 Å². The summed E-state index contributed by atoms with van der Waals surface area (Å²) in [5, 5.41) is 14.9. The van der Waals surface area contributed by atoms with Crippen LogP contribution in [0, 0.1) is 10.1 Å². The van der Waals surface area contributed by atoms with Crippen molar-refractivity contribution in [2.45, 2.75) is 42.0 Å². The second-order valence-electron chi connectivity index (χ2n) is 11.0. The minimum atomic E-state index is -2.05. The van der Waals surface area contributed by atoms with Crippen molar-refractivity contribution in [1.29, 1.82) is 0 Å². The summed E-state index contributed by atoms with van der Waals surface area (Å²) < 4.78 is 17.8. The highest BCUT2D eigenvalue weighted by Crippen LogP contribution is 2.46. The van der Waals surface area contributed by atoms with Crippen molar-refractivity contribution < 1.29 is 42.6 Å². The number of amides is 6. The molecule has 254 valence electrons. The van der Waals surface area contributed by atoms with Gasteiger partial charge in [-0.05, 0) is 35.9 Å². The zero-order valence-corrected chi connectivity index (χ0v) is 27.5. The number of piperazine rings is 1. The number of benzene rings is 2. The molecule has 5 rings (SSSR count). The fourth-order valence-electron chi connectivity index (χ4n) is 5.62. The minimum Gasteiger partial charge on any atom is -0.459 e. The molecule has 3 saturated heterocycles. The van der Waals surface area contributed by atoms with Crippen LogP contribution in [0.3, 0.4) is 0 Å². The summed E-state index contributed by atoms with van der Waals surface area (Å²) in [7, 11) is -2.05. The van der Waals surface area contributed by atoms with Crippen molar-refractivity contribution in [2.75, 3.05) is 31.9 Å². The van der Waals surface area contributed by atoms with Gasteiger partial charge >= 0.3 is 23.8 Å². The van der Waals surface area contributed by atoms with Gasteiger partial charge in [0, 0.05) is 31.8 Å². The number of non-ortho nitro benzene ring substituents is 1. The SMILES string of the molecule is CCS[C@]1(C(=O)OCc2ccc([N+](=O)[O-])cc2)CN2C(=O)[C@@H](NC(=O)[C@H](NC(=O)N3CCN(CC)C(=O)C3=O)c3ccccc3)[C@H]2S1=O. The number of hydrogen-bond acceptors (Lipinski definition) is 11. The normalized spacial score (nSPS) is 24.0. The number of imide groups is 1. The zero-order valence-electron chi connectivity index (χ0n) is 25.9. The van der Waals surface area contributed by atoms with E-state index in [9.17, 15) is 43.1 Å². The smallest absolute Gasteiger partial charge is 0.337 e. The number of thioether (sulfide) groups is 1. The molecular formula is C30H32N6O10S2. The largest absolute Gasteiger partial charge is 0.459 e. The molecule has 2 aromatic rings. The third kappa shape index (κ3) is 6.36. The molecule has 48 heavy (non-hydrogen) atoms. The highest BCUT2D eigenvalue weighted by Gasteiger charge is 2.67. The van der Waals surface area contributed by atoms with Crippen LogP contribution < -0.4 is 10.6 Å². The molecule has 6 amide bonds. The molecule has 1 unspecified atom stereocenters. The lowest BCUT2D eigenvalue weighted by Gasteiger charge is -2.41. The first-order valence-corrected chi connectivity index (χ1v) is 17.2. The standard InChI is InChI=1S/C30H32N6O10S2/c1-3-33-14-15-34(26(40)25(33)39)29(42)32-21(19-8-6-5-7-9-19)23(37)31-22-24(38)35-17-30(47-4-2,48(45)27(22)35)28(41)46-16-18-10-12-20(13-11-18)36(43)44/h5-13,21-22,27H,3-4,14-17H2,1-2H3,(H,31,37)(H,32,42)/t21-,22-,27-,30-,48?/m1/s1. The van der Waals surface area contributed by atoms with Crippen molar-refractivity contribution in [3.05, 3.63) is 75.8 Å². The first-order chi connectivity index (χ1) is 22.9. The highest BCUT2D eigenvalue weighted by molar-refractivity contribution is 8.14. The number of carbonyl (C=O) groups is 6. The third-order valence-corrected chi connectivity index (χ3v) is 12.0. The number of nitrogens with one attached hydrogen (secondary N) is 2. The molecule has 16 nitrogen and oxygen atoms in total. The van der Waals surface area contributed by atoms with Crippen LogP contribution in [0.15, 0.2) is 54.6 Å². The molecule has 3 aliphatic heterocycles. The van der Waals surface area contributed by atoms with Gasteiger partial charge in [-0.1, -0.05) is 37.3 Å². The van der Waals surface area contributed by atoms with Gasteiger partial charge < -0.3 is 25.2 Å². The number of urea groups is 1. The number of ether oxygens (including phenoxy) is 1. The van der Waals surface area contributed by atoms with Crippen LogP contribution in [0.2, 0.25) is 0 Å². The summed E-state index contributed by atoms with van der Waals surface area (Å²) in [4.78, 5) is 92.2. The molecule has 3 aliphatic rings. The van der Waals surface area contributed by atoms with Gasteiger partial charge in [0.2, 0.25) is 15.9 Å². The number of rotatable bonds is 11. The molecule has 5 atom stereocenters. The van der Waals surface area contributed by atoms with E-state index in [4.69, 9.17) is 4.74 Å². The lowest BCUT2D eigenvalue weighted by molar-refractivity contribution is -0.384. The van der Waals surface area contributed by atoms with Gasteiger partial charge in [-0.25, -0.2) is 9.59 Å². The average molecular weight is 701 g/mol. The molecule has 0 aliphatic carbocycles. The number of esters is 1. The van der Waals surface area contributed by atoms with Crippen LogP contribution >= 0.6 is 11.8 Å². The number of hydrogen-bond donors (Lipinski definition) is 2. The van der Waals surface area contributed by atoms with Crippen molar-refractivity contribution in [3.63, 3.8) is 0 Å². The molecule has 0 radical (unpaired) electrons. The van der Waals surface area contributed by atoms with Gasteiger partial charge in [0.15, 0.2) is 0 Å². The number of nitrogens with zero attached hydrogens (tertiary/aromatic N) is 4. The van der Waals surface area contributed by atoms with Gasteiger partial charge in [0.25, 0.3) is 5.69 Å². The van der Waals surface area contributed by atoms with Crippen molar-refractivity contribution in [3.8, 4) is 0 Å². The van der Waals surface area contributed by atoms with Gasteiger partial charge in [-0.2, -0.15) is 0 Å². The van der Waals surface area contributed by atoms with E-state index < -0.39 is 72.9 Å². The molecule has 2 aromatic carbocycles. The predicted molar refractivity (Wildman–Crippen MR) is 171 cm³/mol. The molecule has 2 N–H and O–H groups in total. The number of likely N-dealkylation sites (N-methyl/N-ethyl adjacent to an activating group) is 1. The Morgan fingerprint density at radius 2 is 1.75 bits per heavy atom. The first kappa shape index (κ1) is 34.5. The summed E-state index contributed by atoms with van der Waals surface area (Å²) in [5.74, 6) is -3.79. The van der Waals surface area contributed by atoms with Crippen LogP contribution in [0.1, 0.15) is 31.0 Å². The van der Waals surface area contributed by atoms with Crippen LogP contribution in [0.4, 0.5) is 10.5 Å². The maximum Gasteiger partial charge on any atom is 0.337 e. The monoisotopic (exact) mass is 700 g/mol. The van der Waals surface area contributed by atoms with Crippen molar-refractivity contribution in [2.24, 2.45) is 0 Å². The Bertz CT molecular complexity index is 1680. The fraction of sp³-hybridized carbons (Fsp3) is 0.400.